The van der Waals surface area contributed by atoms with Crippen LogP contribution < -0.4 is 21.5 Å². The van der Waals surface area contributed by atoms with E-state index in [-0.39, 0.29) is 3.14 Å². The van der Waals surface area contributed by atoms with Crippen molar-refractivity contribution in [2.75, 3.05) is 0 Å². The molecule has 0 radical (unpaired) electrons. The van der Waals surface area contributed by atoms with Gasteiger partial charge in [-0.1, -0.05) is 0 Å². The van der Waals surface area contributed by atoms with Gasteiger partial charge in [-0.3, -0.25) is 0 Å². The third kappa shape index (κ3) is 3.31. The predicted octanol–water partition coefficient (Wildman–Crippen LogP) is -1.53. The van der Waals surface area contributed by atoms with Gasteiger partial charge >= 0.3 is 75.1 Å². The van der Waals surface area contributed by atoms with Crippen LogP contribution in [-0.4, -0.2) is 3.14 Å². The second-order valence-corrected chi connectivity index (χ2v) is 4.18. The van der Waals surface area contributed by atoms with E-state index in [1.807, 2.05) is 30.3 Å². The molecule has 0 aliphatic carbocycles. The molecule has 11 heavy (non-hydrogen) atoms. The molecule has 0 saturated heterocycles. The van der Waals surface area contributed by atoms with Gasteiger partial charge in [0.15, 0.2) is 0 Å². The van der Waals surface area contributed by atoms with E-state index in [2.05, 4.69) is 0 Å². The van der Waals surface area contributed by atoms with E-state index in [1.165, 1.54) is 0 Å². The van der Waals surface area contributed by atoms with Crippen molar-refractivity contribution >= 4 is 0 Å². The summed E-state index contributed by atoms with van der Waals surface area (Å²) in [6.45, 7) is 0. The summed E-state index contributed by atoms with van der Waals surface area (Å²) >= 11 is -0.891. The average molecular weight is 264 g/mol. The molecule has 1 rings (SSSR count). The molecule has 0 saturated carbocycles. The van der Waals surface area contributed by atoms with Gasteiger partial charge in [-0.2, -0.15) is 0 Å². The molecule has 0 aliphatic heterocycles. The van der Waals surface area contributed by atoms with Gasteiger partial charge in [0.25, 0.3) is 0 Å². The number of nitro groups is 1. The van der Waals surface area contributed by atoms with Gasteiger partial charge in [-0.15, -0.1) is 0 Å². The fraction of sp³-hybridized carbons (Fsp3) is 0.143. The fourth-order valence-electron chi connectivity index (χ4n) is 0.685. The molecule has 0 heterocycles. The molecule has 0 aromatic heterocycles. The molecular formula is C7H7INO2-. The van der Waals surface area contributed by atoms with Crippen LogP contribution in [0.5, 0.6) is 0 Å². The van der Waals surface area contributed by atoms with E-state index in [0.717, 1.165) is 5.56 Å². The molecule has 0 aliphatic rings. The Hall–Kier alpha value is -0.650. The number of benzene rings is 1. The van der Waals surface area contributed by atoms with Gasteiger partial charge in [-0.05, 0) is 0 Å². The summed E-state index contributed by atoms with van der Waals surface area (Å²) in [5, 5.41) is 10.0. The van der Waals surface area contributed by atoms with Gasteiger partial charge < -0.3 is 0 Å². The van der Waals surface area contributed by atoms with Crippen molar-refractivity contribution in [1.29, 1.82) is 0 Å². The topological polar surface area (TPSA) is 43.1 Å². The van der Waals surface area contributed by atoms with Crippen molar-refractivity contribution in [1.82, 2.24) is 0 Å². The summed E-state index contributed by atoms with van der Waals surface area (Å²) in [6.07, 6.45) is 0. The molecule has 1 aromatic rings. The normalized spacial score (nSPS) is 9.82. The second-order valence-electron chi connectivity index (χ2n) is 1.95. The van der Waals surface area contributed by atoms with Crippen LogP contribution in [0.4, 0.5) is 0 Å². The number of alkyl halides is 1. The van der Waals surface area contributed by atoms with Gasteiger partial charge in [-0.25, -0.2) is 0 Å². The van der Waals surface area contributed by atoms with Crippen LogP contribution >= 0.6 is 0 Å². The first-order chi connectivity index (χ1) is 5.29. The van der Waals surface area contributed by atoms with E-state index in [4.69, 9.17) is 0 Å². The van der Waals surface area contributed by atoms with Crippen LogP contribution in [0.1, 0.15) is 5.56 Å². The third-order valence-corrected chi connectivity index (χ3v) is 2.93. The first-order valence-corrected chi connectivity index (χ1v) is 5.56. The zero-order chi connectivity index (χ0) is 8.10. The Labute approximate surface area is 75.2 Å². The fourth-order valence-corrected chi connectivity index (χ4v) is 1.87. The van der Waals surface area contributed by atoms with Crippen molar-refractivity contribution in [2.45, 2.75) is 4.43 Å². The second kappa shape index (κ2) is 4.27. The zero-order valence-corrected chi connectivity index (χ0v) is 7.89. The SMILES string of the molecule is O=[N+]([O-])[I-]Cc1ccccc1. The first-order valence-electron chi connectivity index (χ1n) is 3.07. The summed E-state index contributed by atoms with van der Waals surface area (Å²) in [6, 6.07) is 9.55. The van der Waals surface area contributed by atoms with Crippen LogP contribution in [0.15, 0.2) is 30.3 Å². The van der Waals surface area contributed by atoms with Crippen LogP contribution in [0.2, 0.25) is 0 Å². The van der Waals surface area contributed by atoms with Crippen molar-refractivity contribution in [3.63, 3.8) is 0 Å². The molecule has 0 amide bonds. The van der Waals surface area contributed by atoms with E-state index >= 15 is 0 Å². The summed E-state index contributed by atoms with van der Waals surface area (Å²) in [4.78, 5) is 10.0. The quantitative estimate of drug-likeness (QED) is 0.218. The van der Waals surface area contributed by atoms with Crippen molar-refractivity contribution < 1.29 is 24.6 Å². The monoisotopic (exact) mass is 264 g/mol. The molecule has 1 aromatic carbocycles. The van der Waals surface area contributed by atoms with E-state index < -0.39 is 21.5 Å². The Bertz CT molecular complexity index is 237. The number of nitrogens with zero attached hydrogens (tertiary/aromatic N) is 1. The van der Waals surface area contributed by atoms with Crippen molar-refractivity contribution in [3.8, 4) is 0 Å². The summed E-state index contributed by atoms with van der Waals surface area (Å²) in [5.74, 6) is 0. The number of halogens is 1. The summed E-state index contributed by atoms with van der Waals surface area (Å²) < 4.78 is 0.443. The molecule has 0 spiro atoms. The summed E-state index contributed by atoms with van der Waals surface area (Å²) in [7, 11) is 0. The Balaban J connectivity index is 2.45. The maximum absolute atomic E-state index is 10.0. The predicted molar refractivity (Wildman–Crippen MR) is 37.1 cm³/mol. The van der Waals surface area contributed by atoms with Gasteiger partial charge in [0, 0.05) is 0 Å². The van der Waals surface area contributed by atoms with Crippen LogP contribution in [0, 0.1) is 10.1 Å². The Morgan fingerprint density at radius 1 is 1.36 bits per heavy atom. The standard InChI is InChI=1S/C7H7INO2/c10-9(11)8-6-7-4-2-1-3-5-7/h1-5H,6H2/q-1. The number of hydrogen-bond donors (Lipinski definition) is 0. The molecule has 0 bridgehead atoms. The first kappa shape index (κ1) is 8.45. The third-order valence-electron chi connectivity index (χ3n) is 1.15. The maximum atomic E-state index is 10.0. The molecule has 0 N–H and O–H groups in total. The van der Waals surface area contributed by atoms with E-state index in [9.17, 15) is 10.1 Å². The van der Waals surface area contributed by atoms with Crippen molar-refractivity contribution in [2.24, 2.45) is 0 Å². The van der Waals surface area contributed by atoms with E-state index in [0.29, 0.717) is 4.43 Å². The molecular weight excluding hydrogens is 257 g/mol. The Kier molecular flexibility index (Phi) is 3.28. The molecule has 3 nitrogen and oxygen atoms in total. The molecule has 0 atom stereocenters. The molecule has 0 fully saturated rings. The minimum absolute atomic E-state index is 0.189. The van der Waals surface area contributed by atoms with Gasteiger partial charge in [0.1, 0.15) is 0 Å². The number of rotatable bonds is 3. The van der Waals surface area contributed by atoms with E-state index in [1.54, 1.807) is 0 Å². The Morgan fingerprint density at radius 2 is 2.00 bits per heavy atom. The van der Waals surface area contributed by atoms with Crippen molar-refractivity contribution in [3.05, 3.63) is 46.0 Å². The zero-order valence-electron chi connectivity index (χ0n) is 5.74. The molecule has 4 heteroatoms. The van der Waals surface area contributed by atoms with Crippen LogP contribution in [0.25, 0.3) is 0 Å². The average Bonchev–Trinajstić information content (AvgIpc) is 2.03. The minimum atomic E-state index is -0.891. The van der Waals surface area contributed by atoms with Gasteiger partial charge in [0.05, 0.1) is 0 Å². The molecule has 0 unspecified atom stereocenters. The Morgan fingerprint density at radius 3 is 2.55 bits per heavy atom. The van der Waals surface area contributed by atoms with Gasteiger partial charge in [0.2, 0.25) is 0 Å². The van der Waals surface area contributed by atoms with Crippen LogP contribution in [0.3, 0.4) is 0 Å². The van der Waals surface area contributed by atoms with Crippen LogP contribution in [-0.2, 0) is 4.43 Å². The summed E-state index contributed by atoms with van der Waals surface area (Å²) in [5.41, 5.74) is 1.07. The number of hydrogen-bond acceptors (Lipinski definition) is 2. The molecule has 60 valence electrons.